The Bertz CT molecular complexity index is 1110. The largest absolute Gasteiger partial charge is 0.352 e. The van der Waals surface area contributed by atoms with E-state index in [0.717, 1.165) is 41.2 Å². The number of amides is 1. The number of aromatic nitrogens is 3. The van der Waals surface area contributed by atoms with Gasteiger partial charge in [0.15, 0.2) is 5.65 Å². The van der Waals surface area contributed by atoms with Gasteiger partial charge in [0.1, 0.15) is 0 Å². The summed E-state index contributed by atoms with van der Waals surface area (Å²) in [4.78, 5) is 23.1. The van der Waals surface area contributed by atoms with Gasteiger partial charge in [-0.05, 0) is 83.4 Å². The predicted molar refractivity (Wildman–Crippen MR) is 136 cm³/mol. The zero-order valence-electron chi connectivity index (χ0n) is 20.2. The molecule has 0 bridgehead atoms. The number of H-pyrrole nitrogens is 1. The van der Waals surface area contributed by atoms with Crippen LogP contribution in [0.15, 0.2) is 36.5 Å². The van der Waals surface area contributed by atoms with Crippen LogP contribution in [0.4, 0.5) is 0 Å². The van der Waals surface area contributed by atoms with Gasteiger partial charge in [-0.2, -0.15) is 5.10 Å². The molecule has 2 fully saturated rings. The van der Waals surface area contributed by atoms with Gasteiger partial charge >= 0.3 is 0 Å². The van der Waals surface area contributed by atoms with Crippen LogP contribution in [0.2, 0.25) is 0 Å². The molecule has 34 heavy (non-hydrogen) atoms. The number of nitrogens with zero attached hydrogens (tertiary/aromatic N) is 4. The maximum Gasteiger partial charge on any atom is 0.252 e. The molecule has 4 heterocycles. The lowest BCUT2D eigenvalue weighted by molar-refractivity contribution is 0.0903. The molecule has 5 rings (SSSR count). The molecule has 7 nitrogen and oxygen atoms in total. The Kier molecular flexibility index (Phi) is 7.21. The molecular weight excluding hydrogens is 424 g/mol. The molecule has 7 heteroatoms. The molecule has 2 aromatic heterocycles. The highest BCUT2D eigenvalue weighted by Crippen LogP contribution is 2.26. The van der Waals surface area contributed by atoms with E-state index >= 15 is 0 Å². The van der Waals surface area contributed by atoms with E-state index < -0.39 is 0 Å². The van der Waals surface area contributed by atoms with Crippen LogP contribution >= 0.6 is 0 Å². The van der Waals surface area contributed by atoms with Crippen LogP contribution in [0, 0.1) is 6.92 Å². The first kappa shape index (κ1) is 23.0. The Morgan fingerprint density at radius 3 is 2.71 bits per heavy atom. The number of aromatic amines is 1. The standard InChI is InChI=1S/C27H36N6O/c1-20-8-3-4-9-22(20)25-18-23(24-19-29-31-26(24)30-25)27(34)28-12-7-13-32-16-10-21(11-17-32)33-14-5-2-6-15-33/h3-4,8-9,18-19,21H,2,5-7,10-17H2,1H3,(H,28,34)(H,29,30,31). The minimum Gasteiger partial charge on any atom is -0.352 e. The van der Waals surface area contributed by atoms with Crippen molar-refractivity contribution in [2.75, 3.05) is 39.3 Å². The van der Waals surface area contributed by atoms with Crippen LogP contribution in [0.5, 0.6) is 0 Å². The molecular formula is C27H36N6O. The Hall–Kier alpha value is -2.77. The van der Waals surface area contributed by atoms with Gasteiger partial charge in [0, 0.05) is 18.2 Å². The minimum atomic E-state index is -0.0626. The van der Waals surface area contributed by atoms with Crippen LogP contribution in [0.1, 0.15) is 54.4 Å². The van der Waals surface area contributed by atoms with Gasteiger partial charge in [-0.1, -0.05) is 30.7 Å². The highest BCUT2D eigenvalue weighted by Gasteiger charge is 2.25. The van der Waals surface area contributed by atoms with Gasteiger partial charge in [0.05, 0.1) is 22.8 Å². The number of hydrogen-bond acceptors (Lipinski definition) is 5. The smallest absolute Gasteiger partial charge is 0.252 e. The summed E-state index contributed by atoms with van der Waals surface area (Å²) in [6.07, 6.45) is 9.35. The normalized spacial score (nSPS) is 18.4. The number of carbonyl (C=O) groups excluding carboxylic acids is 1. The van der Waals surface area contributed by atoms with E-state index in [0.29, 0.717) is 17.8 Å². The first-order valence-electron chi connectivity index (χ1n) is 12.8. The second kappa shape index (κ2) is 10.7. The Morgan fingerprint density at radius 1 is 1.12 bits per heavy atom. The molecule has 1 amide bonds. The molecule has 0 unspecified atom stereocenters. The van der Waals surface area contributed by atoms with Crippen molar-refractivity contribution < 1.29 is 4.79 Å². The summed E-state index contributed by atoms with van der Waals surface area (Å²) in [5.74, 6) is -0.0626. The summed E-state index contributed by atoms with van der Waals surface area (Å²) < 4.78 is 0. The predicted octanol–water partition coefficient (Wildman–Crippen LogP) is 4.00. The molecule has 0 saturated carbocycles. The summed E-state index contributed by atoms with van der Waals surface area (Å²) in [5, 5.41) is 10.9. The van der Waals surface area contributed by atoms with Gasteiger partial charge < -0.3 is 15.1 Å². The van der Waals surface area contributed by atoms with Crippen LogP contribution in [-0.2, 0) is 0 Å². The van der Waals surface area contributed by atoms with Gasteiger partial charge in [0.25, 0.3) is 5.91 Å². The zero-order chi connectivity index (χ0) is 23.3. The first-order valence-corrected chi connectivity index (χ1v) is 12.8. The molecule has 0 atom stereocenters. The van der Waals surface area contributed by atoms with Crippen molar-refractivity contribution in [1.82, 2.24) is 30.3 Å². The monoisotopic (exact) mass is 460 g/mol. The number of aryl methyl sites for hydroxylation is 1. The van der Waals surface area contributed by atoms with Crippen molar-refractivity contribution >= 4 is 16.9 Å². The molecule has 1 aromatic carbocycles. The topological polar surface area (TPSA) is 77.2 Å². The molecule has 3 aromatic rings. The third-order valence-corrected chi connectivity index (χ3v) is 7.49. The lowest BCUT2D eigenvalue weighted by atomic mass is 10.00. The van der Waals surface area contributed by atoms with Crippen LogP contribution in [0.25, 0.3) is 22.3 Å². The Balaban J connectivity index is 1.14. The maximum atomic E-state index is 13.1. The van der Waals surface area contributed by atoms with Gasteiger partial charge in [-0.3, -0.25) is 9.89 Å². The van der Waals surface area contributed by atoms with Crippen molar-refractivity contribution in [1.29, 1.82) is 0 Å². The summed E-state index contributed by atoms with van der Waals surface area (Å²) >= 11 is 0. The van der Waals surface area contributed by atoms with Gasteiger partial charge in [-0.15, -0.1) is 0 Å². The van der Waals surface area contributed by atoms with Crippen LogP contribution in [-0.4, -0.2) is 76.2 Å². The number of fused-ring (bicyclic) bond motifs is 1. The van der Waals surface area contributed by atoms with E-state index in [9.17, 15) is 4.79 Å². The molecule has 180 valence electrons. The summed E-state index contributed by atoms with van der Waals surface area (Å²) in [7, 11) is 0. The number of carbonyl (C=O) groups is 1. The van der Waals surface area contributed by atoms with E-state index in [2.05, 4.69) is 38.3 Å². The van der Waals surface area contributed by atoms with E-state index in [1.165, 1.54) is 58.3 Å². The number of rotatable bonds is 7. The number of benzene rings is 1. The lowest BCUT2D eigenvalue weighted by Crippen LogP contribution is -2.47. The maximum absolute atomic E-state index is 13.1. The molecule has 2 aliphatic rings. The van der Waals surface area contributed by atoms with Crippen molar-refractivity contribution in [3.63, 3.8) is 0 Å². The number of likely N-dealkylation sites (tertiary alicyclic amines) is 2. The van der Waals surface area contributed by atoms with E-state index in [1.54, 1.807) is 6.20 Å². The fourth-order valence-electron chi connectivity index (χ4n) is 5.51. The number of hydrogen-bond donors (Lipinski definition) is 2. The summed E-state index contributed by atoms with van der Waals surface area (Å²) in [5.41, 5.74) is 4.21. The van der Waals surface area contributed by atoms with Crippen LogP contribution in [0.3, 0.4) is 0 Å². The van der Waals surface area contributed by atoms with Gasteiger partial charge in [-0.25, -0.2) is 4.98 Å². The fourth-order valence-corrected chi connectivity index (χ4v) is 5.51. The third-order valence-electron chi connectivity index (χ3n) is 7.49. The minimum absolute atomic E-state index is 0.0626. The number of pyridine rings is 1. The molecule has 0 spiro atoms. The van der Waals surface area contributed by atoms with Crippen LogP contribution < -0.4 is 5.32 Å². The van der Waals surface area contributed by atoms with E-state index in [4.69, 9.17) is 4.98 Å². The first-order chi connectivity index (χ1) is 16.7. The Labute approximate surface area is 201 Å². The summed E-state index contributed by atoms with van der Waals surface area (Å²) in [6, 6.07) is 10.8. The average Bonchev–Trinajstić information content (AvgIpc) is 3.36. The van der Waals surface area contributed by atoms with Gasteiger partial charge in [0.2, 0.25) is 0 Å². The SMILES string of the molecule is Cc1ccccc1-c1cc(C(=O)NCCCN2CCC(N3CCCCC3)CC2)c2cn[nH]c2n1. The highest BCUT2D eigenvalue weighted by molar-refractivity contribution is 6.06. The second-order valence-corrected chi connectivity index (χ2v) is 9.78. The van der Waals surface area contributed by atoms with Crippen molar-refractivity contribution in [2.45, 2.75) is 51.5 Å². The van der Waals surface area contributed by atoms with Crippen molar-refractivity contribution in [3.05, 3.63) is 47.7 Å². The average molecular weight is 461 g/mol. The molecule has 2 saturated heterocycles. The molecule has 2 aliphatic heterocycles. The number of nitrogens with one attached hydrogen (secondary N) is 2. The number of piperidine rings is 2. The Morgan fingerprint density at radius 2 is 1.91 bits per heavy atom. The lowest BCUT2D eigenvalue weighted by Gasteiger charge is -2.40. The summed E-state index contributed by atoms with van der Waals surface area (Å²) in [6.45, 7) is 8.71. The van der Waals surface area contributed by atoms with Crippen molar-refractivity contribution in [3.8, 4) is 11.3 Å². The molecule has 0 radical (unpaired) electrons. The highest BCUT2D eigenvalue weighted by atomic mass is 16.1. The third kappa shape index (κ3) is 5.15. The molecule has 2 N–H and O–H groups in total. The van der Waals surface area contributed by atoms with E-state index in [1.807, 2.05) is 24.3 Å². The zero-order valence-corrected chi connectivity index (χ0v) is 20.2. The quantitative estimate of drug-likeness (QED) is 0.521. The van der Waals surface area contributed by atoms with E-state index in [-0.39, 0.29) is 5.91 Å². The molecule has 0 aliphatic carbocycles. The fraction of sp³-hybridized carbons (Fsp3) is 0.519. The van der Waals surface area contributed by atoms with Crippen molar-refractivity contribution in [2.24, 2.45) is 0 Å². The second-order valence-electron chi connectivity index (χ2n) is 9.78.